The van der Waals surface area contributed by atoms with E-state index >= 15 is 4.79 Å². The van der Waals surface area contributed by atoms with Gasteiger partial charge in [0, 0.05) is 84.2 Å². The molecule has 432 valence electrons. The van der Waals surface area contributed by atoms with Gasteiger partial charge in [0.1, 0.15) is 34.9 Å². The van der Waals surface area contributed by atoms with Crippen molar-refractivity contribution in [3.05, 3.63) is 74.8 Å². The van der Waals surface area contributed by atoms with Crippen LogP contribution in [0, 0.1) is 0 Å². The molecule has 0 bridgehead atoms. The molecule has 1 saturated carbocycles. The third kappa shape index (κ3) is 9.72. The second kappa shape index (κ2) is 21.1. The van der Waals surface area contributed by atoms with Gasteiger partial charge in [0.15, 0.2) is 42.8 Å². The minimum Gasteiger partial charge on any atom is -0.507 e. The van der Waals surface area contributed by atoms with E-state index in [2.05, 4.69) is 4.99 Å². The lowest BCUT2D eigenvalue weighted by atomic mass is 9.59. The first-order valence-corrected chi connectivity index (χ1v) is 28.1. The van der Waals surface area contributed by atoms with E-state index in [9.17, 15) is 40.5 Å². The van der Waals surface area contributed by atoms with Gasteiger partial charge in [0.25, 0.3) is 0 Å². The molecule has 1 aromatic heterocycles. The van der Waals surface area contributed by atoms with Crippen LogP contribution in [0.5, 0.6) is 11.5 Å². The molecule has 0 unspecified atom stereocenters. The fourth-order valence-corrected chi connectivity index (χ4v) is 13.5. The SMILES string of the molecule is C[C@@H]1O[C@H](O[C@@H]2CC[C@@H](O[C@@H]3C[C@H](O[C@H]4CC[C@H](O[C@]56C(=O)C[C@](C)(O)C[C@@]5(O)C=Cc5c6c6oc(=O)c(=C7C=Nc8ccccc87)c7ccc(O)c(c5O)c67)O[C@H]4C)O[C@H](C)[C@H]3O)O[C@@H]2C)C[C@H](O[C@@H]2CC[C@@H](O)[C@@H](C)O2)[C@H]1O. The second-order valence-electron chi connectivity index (χ2n) is 23.4. The molecule has 6 aliphatic heterocycles. The maximum atomic E-state index is 15.1. The quantitative estimate of drug-likeness (QED) is 0.107. The Morgan fingerprint density at radius 3 is 1.86 bits per heavy atom. The molecule has 20 atom stereocenters. The predicted octanol–water partition coefficient (Wildman–Crippen LogP) is 4.54. The van der Waals surface area contributed by atoms with Gasteiger partial charge in [0.05, 0.1) is 82.9 Å². The van der Waals surface area contributed by atoms with Gasteiger partial charge < -0.3 is 87.5 Å². The smallest absolute Gasteiger partial charge is 0.344 e. The lowest BCUT2D eigenvalue weighted by Gasteiger charge is -2.54. The third-order valence-electron chi connectivity index (χ3n) is 17.6. The molecule has 0 radical (unpaired) electrons. The molecule has 8 aliphatic rings. The lowest BCUT2D eigenvalue weighted by Crippen LogP contribution is -2.67. The molecule has 0 spiro atoms. The number of hydrogen-bond donors (Lipinski definition) is 7. The summed E-state index contributed by atoms with van der Waals surface area (Å²) < 4.78 is 69.7. The zero-order valence-corrected chi connectivity index (χ0v) is 45.5. The molecule has 7 N–H and O–H groups in total. The number of para-hydroxylation sites is 1. The van der Waals surface area contributed by atoms with Crippen molar-refractivity contribution in [3.63, 3.8) is 0 Å². The molecule has 4 aromatic rings. The second-order valence-corrected chi connectivity index (χ2v) is 23.4. The number of phenolic OH excluding ortho intramolecular Hbond substituents is 2. The van der Waals surface area contributed by atoms with Crippen LogP contribution >= 0.6 is 0 Å². The highest BCUT2D eigenvalue weighted by molar-refractivity contribution is 6.21. The van der Waals surface area contributed by atoms with Gasteiger partial charge >= 0.3 is 5.63 Å². The van der Waals surface area contributed by atoms with Crippen molar-refractivity contribution in [1.82, 2.24) is 0 Å². The first kappa shape index (κ1) is 55.7. The van der Waals surface area contributed by atoms with Crippen molar-refractivity contribution in [3.8, 4) is 11.5 Å². The van der Waals surface area contributed by atoms with Gasteiger partial charge in [-0.15, -0.1) is 0 Å². The topological polar surface area (TPSA) is 294 Å². The normalized spacial score (nSPS) is 41.7. The number of nitrogens with zero attached hydrogens (tertiary/aromatic N) is 1. The van der Waals surface area contributed by atoms with Gasteiger partial charge in [-0.2, -0.15) is 0 Å². The molecule has 21 heteroatoms. The van der Waals surface area contributed by atoms with Crippen molar-refractivity contribution >= 4 is 51.1 Å². The van der Waals surface area contributed by atoms with E-state index in [1.165, 1.54) is 31.2 Å². The summed E-state index contributed by atoms with van der Waals surface area (Å²) in [7, 11) is 0. The number of aromatic hydroxyl groups is 2. The lowest BCUT2D eigenvalue weighted by molar-refractivity contribution is -0.335. The number of aliphatic hydroxyl groups is 5. The predicted molar refractivity (Wildman–Crippen MR) is 283 cm³/mol. The van der Waals surface area contributed by atoms with Crippen LogP contribution in [0.25, 0.3) is 33.4 Å². The molecule has 0 amide bonds. The summed E-state index contributed by atoms with van der Waals surface area (Å²) in [6.45, 7) is 10.4. The van der Waals surface area contributed by atoms with Crippen molar-refractivity contribution in [1.29, 1.82) is 0 Å². The molecule has 2 aliphatic carbocycles. The summed E-state index contributed by atoms with van der Waals surface area (Å²) in [5, 5.41) is 80.8. The number of fused-ring (bicyclic) bond motifs is 5. The Morgan fingerprint density at radius 2 is 1.23 bits per heavy atom. The summed E-state index contributed by atoms with van der Waals surface area (Å²) in [6, 6.07) is 10.1. The Hall–Kier alpha value is -4.79. The summed E-state index contributed by atoms with van der Waals surface area (Å²) >= 11 is 0. The number of phenols is 2. The van der Waals surface area contributed by atoms with E-state index in [0.717, 1.165) is 0 Å². The third-order valence-corrected chi connectivity index (χ3v) is 17.6. The van der Waals surface area contributed by atoms with Gasteiger partial charge in [-0.3, -0.25) is 9.79 Å². The molecule has 80 heavy (non-hydrogen) atoms. The van der Waals surface area contributed by atoms with Crippen LogP contribution in [0.4, 0.5) is 5.69 Å². The molecular weight excluding hydrogens is 1040 g/mol. The number of benzene rings is 3. The Labute approximate surface area is 460 Å². The van der Waals surface area contributed by atoms with Crippen LogP contribution in [0.15, 0.2) is 56.7 Å². The zero-order chi connectivity index (χ0) is 56.3. The molecule has 12 rings (SSSR count). The molecule has 21 nitrogen and oxygen atoms in total. The van der Waals surface area contributed by atoms with Gasteiger partial charge in [-0.1, -0.05) is 24.3 Å². The van der Waals surface area contributed by atoms with E-state index in [4.69, 9.17) is 51.8 Å². The molecule has 7 heterocycles. The Kier molecular flexibility index (Phi) is 14.7. The highest BCUT2D eigenvalue weighted by Gasteiger charge is 2.67. The van der Waals surface area contributed by atoms with Crippen molar-refractivity contribution < 1.29 is 92.3 Å². The molecule has 3 aromatic carbocycles. The number of rotatable bonds is 10. The standard InChI is InChI=1S/C59H71NO20/c1-26-36(61)13-16-43(70-26)77-40-21-46(73-29(4)52(40)64)75-38-14-17-44(71-27(38)2)78-41-22-47(74-30(5)53(41)65)76-39-15-18-45(72-28(39)3)80-59-42(63)23-57(6,68)25-58(59,69)20-19-33-51(59)55-49-32(11-12-37(62)50(49)54(33)66)48(56(67)79-55)34-24-60-35-10-8-7-9-31(34)35/h7-12,19-20,24,26-30,36,38-41,43-47,52-53,61-62,64-66,68-69H,13-18,21-23,25H2,1-6H3/t26-,27-,28+,29+,30-,36-,38-,39+,40+,41-,43-,44-,45+,46-,47+,52+,53-,57+,58+,59+/m1/s1. The number of aliphatic hydroxyl groups excluding tert-OH is 3. The highest BCUT2D eigenvalue weighted by Crippen LogP contribution is 2.58. The van der Waals surface area contributed by atoms with Crippen molar-refractivity contribution in [2.24, 2.45) is 4.99 Å². The Bertz CT molecular complexity index is 3210. The van der Waals surface area contributed by atoms with E-state index in [1.54, 1.807) is 40.0 Å². The fraction of sp³-hybridized carbons (Fsp3) is 0.610. The summed E-state index contributed by atoms with van der Waals surface area (Å²) in [6.07, 6.45) is -5.40. The largest absolute Gasteiger partial charge is 0.507 e. The average Bonchev–Trinajstić information content (AvgIpc) is 1.17. The number of ether oxygens (including phenoxy) is 10. The maximum Gasteiger partial charge on any atom is 0.344 e. The van der Waals surface area contributed by atoms with E-state index in [-0.39, 0.29) is 75.3 Å². The number of hydrogen-bond acceptors (Lipinski definition) is 21. The summed E-state index contributed by atoms with van der Waals surface area (Å²) in [5.41, 5.74) is -5.91. The first-order valence-electron chi connectivity index (χ1n) is 28.1. The van der Waals surface area contributed by atoms with Crippen LogP contribution in [0.3, 0.4) is 0 Å². The van der Waals surface area contributed by atoms with Crippen LogP contribution in [0.2, 0.25) is 0 Å². The fourth-order valence-electron chi connectivity index (χ4n) is 13.5. The highest BCUT2D eigenvalue weighted by atomic mass is 16.7. The number of ketones is 1. The van der Waals surface area contributed by atoms with Crippen LogP contribution < -0.4 is 10.8 Å². The van der Waals surface area contributed by atoms with Crippen LogP contribution in [-0.2, 0) is 57.8 Å². The van der Waals surface area contributed by atoms with E-state index < -0.39 is 139 Å². The molecular formula is C59H71NO20. The van der Waals surface area contributed by atoms with Crippen molar-refractivity contribution in [2.45, 2.75) is 227 Å². The molecule has 5 saturated heterocycles. The Balaban J connectivity index is 0.742. The average molecular weight is 1110 g/mol. The number of carbonyl (C=O) groups is 1. The maximum absolute atomic E-state index is 15.1. The summed E-state index contributed by atoms with van der Waals surface area (Å²) in [5.74, 6) is -1.56. The van der Waals surface area contributed by atoms with E-state index in [0.29, 0.717) is 48.9 Å². The molecule has 6 fully saturated rings. The van der Waals surface area contributed by atoms with Gasteiger partial charge in [-0.25, -0.2) is 4.79 Å². The Morgan fingerprint density at radius 1 is 0.650 bits per heavy atom. The van der Waals surface area contributed by atoms with Crippen molar-refractivity contribution in [2.75, 3.05) is 0 Å². The van der Waals surface area contributed by atoms with Gasteiger partial charge in [-0.05, 0) is 85.1 Å². The number of carbonyl (C=O) groups excluding carboxylic acids is 1. The van der Waals surface area contributed by atoms with Crippen LogP contribution in [0.1, 0.15) is 122 Å². The number of Topliss-reactive ketones (excluding diaryl/α,β-unsaturated/α-hetero) is 1. The minimum atomic E-state index is -2.43. The summed E-state index contributed by atoms with van der Waals surface area (Å²) in [4.78, 5) is 34.1. The first-order chi connectivity index (χ1) is 38.1. The number of aliphatic imine (C=N–C) groups is 1. The monoisotopic (exact) mass is 1110 g/mol. The van der Waals surface area contributed by atoms with E-state index in [1.807, 2.05) is 25.1 Å². The zero-order valence-electron chi connectivity index (χ0n) is 45.5. The van der Waals surface area contributed by atoms with Gasteiger partial charge in [0.2, 0.25) is 0 Å². The minimum absolute atomic E-state index is 0.0430. The van der Waals surface area contributed by atoms with Crippen LogP contribution in [-0.4, -0.2) is 164 Å².